The molecule has 0 aliphatic rings. The van der Waals surface area contributed by atoms with Gasteiger partial charge in [0.05, 0.1) is 21.7 Å². The summed E-state index contributed by atoms with van der Waals surface area (Å²) >= 11 is 11.6. The van der Waals surface area contributed by atoms with Gasteiger partial charge in [-0.3, -0.25) is 0 Å². The Balaban J connectivity index is 3.08. The van der Waals surface area contributed by atoms with Crippen LogP contribution in [0.5, 0.6) is 5.75 Å². The van der Waals surface area contributed by atoms with Crippen molar-refractivity contribution in [1.29, 1.82) is 10.5 Å². The first-order valence-corrected chi connectivity index (χ1v) is 4.33. The first-order chi connectivity index (χ1) is 6.69. The van der Waals surface area contributed by atoms with E-state index >= 15 is 0 Å². The third-order valence-corrected chi connectivity index (χ3v) is 1.97. The van der Waals surface area contributed by atoms with Gasteiger partial charge in [0.2, 0.25) is 0 Å². The van der Waals surface area contributed by atoms with Crippen LogP contribution in [0.2, 0.25) is 10.0 Å². The highest BCUT2D eigenvalue weighted by molar-refractivity contribution is 6.37. The van der Waals surface area contributed by atoms with Gasteiger partial charge in [0.15, 0.2) is 12.4 Å². The standard InChI is InChI=1S/C9H4Cl2N2O/c10-7-3-6(5-13)4-8(11)9(7)14-2-1-12/h3-4H,2H2. The van der Waals surface area contributed by atoms with E-state index in [9.17, 15) is 0 Å². The van der Waals surface area contributed by atoms with Gasteiger partial charge < -0.3 is 4.74 Å². The van der Waals surface area contributed by atoms with Crippen LogP contribution in [-0.4, -0.2) is 6.61 Å². The van der Waals surface area contributed by atoms with E-state index in [1.165, 1.54) is 12.1 Å². The lowest BCUT2D eigenvalue weighted by atomic mass is 10.2. The molecule has 1 rings (SSSR count). The first-order valence-electron chi connectivity index (χ1n) is 3.58. The molecule has 0 fully saturated rings. The molecule has 14 heavy (non-hydrogen) atoms. The van der Waals surface area contributed by atoms with Crippen molar-refractivity contribution in [3.8, 4) is 17.9 Å². The molecular weight excluding hydrogens is 223 g/mol. The van der Waals surface area contributed by atoms with E-state index in [4.69, 9.17) is 38.5 Å². The minimum absolute atomic E-state index is 0.134. The van der Waals surface area contributed by atoms with Gasteiger partial charge >= 0.3 is 0 Å². The fourth-order valence-electron chi connectivity index (χ4n) is 0.867. The van der Waals surface area contributed by atoms with Gasteiger partial charge in [-0.05, 0) is 12.1 Å². The summed E-state index contributed by atoms with van der Waals surface area (Å²) in [5.41, 5.74) is 0.351. The average Bonchev–Trinajstić information content (AvgIpc) is 2.16. The third-order valence-electron chi connectivity index (χ3n) is 1.41. The summed E-state index contributed by atoms with van der Waals surface area (Å²) in [6, 6.07) is 6.56. The van der Waals surface area contributed by atoms with Gasteiger partial charge in [0.25, 0.3) is 0 Å². The Morgan fingerprint density at radius 2 is 1.79 bits per heavy atom. The number of hydrogen-bond acceptors (Lipinski definition) is 3. The molecule has 0 heterocycles. The highest BCUT2D eigenvalue weighted by Crippen LogP contribution is 2.33. The van der Waals surface area contributed by atoms with E-state index in [2.05, 4.69) is 0 Å². The Bertz CT molecular complexity index is 408. The second-order valence-electron chi connectivity index (χ2n) is 2.33. The first kappa shape index (κ1) is 10.7. The Kier molecular flexibility index (Phi) is 3.59. The molecule has 1 aromatic carbocycles. The molecule has 1 aromatic rings. The van der Waals surface area contributed by atoms with Gasteiger partial charge in [0.1, 0.15) is 6.07 Å². The summed E-state index contributed by atoms with van der Waals surface area (Å²) in [5.74, 6) is 0.230. The van der Waals surface area contributed by atoms with Crippen LogP contribution in [0.4, 0.5) is 0 Å². The second kappa shape index (κ2) is 4.72. The highest BCUT2D eigenvalue weighted by atomic mass is 35.5. The number of benzene rings is 1. The van der Waals surface area contributed by atoms with Crippen molar-refractivity contribution < 1.29 is 4.74 Å². The normalized spacial score (nSPS) is 8.86. The van der Waals surface area contributed by atoms with E-state index < -0.39 is 0 Å². The average molecular weight is 227 g/mol. The maximum Gasteiger partial charge on any atom is 0.174 e. The van der Waals surface area contributed by atoms with E-state index in [0.29, 0.717) is 5.56 Å². The minimum atomic E-state index is -0.134. The smallest absolute Gasteiger partial charge is 0.174 e. The van der Waals surface area contributed by atoms with Crippen molar-refractivity contribution in [1.82, 2.24) is 0 Å². The number of ether oxygens (including phenoxy) is 1. The zero-order valence-electron chi connectivity index (χ0n) is 6.92. The quantitative estimate of drug-likeness (QED) is 0.780. The van der Waals surface area contributed by atoms with E-state index in [-0.39, 0.29) is 22.4 Å². The van der Waals surface area contributed by atoms with Crippen molar-refractivity contribution in [2.75, 3.05) is 6.61 Å². The predicted molar refractivity (Wildman–Crippen MR) is 52.3 cm³/mol. The SMILES string of the molecule is N#CCOc1c(Cl)cc(C#N)cc1Cl. The summed E-state index contributed by atoms with van der Waals surface area (Å²) in [7, 11) is 0. The largest absolute Gasteiger partial charge is 0.476 e. The van der Waals surface area contributed by atoms with Crippen LogP contribution in [0.15, 0.2) is 12.1 Å². The van der Waals surface area contributed by atoms with Gasteiger partial charge in [-0.2, -0.15) is 10.5 Å². The molecule has 0 spiro atoms. The van der Waals surface area contributed by atoms with Crippen LogP contribution in [0.1, 0.15) is 5.56 Å². The number of halogens is 2. The molecule has 0 unspecified atom stereocenters. The molecule has 3 nitrogen and oxygen atoms in total. The molecule has 5 heteroatoms. The van der Waals surface area contributed by atoms with Crippen LogP contribution in [0, 0.1) is 22.7 Å². The molecule has 70 valence electrons. The summed E-state index contributed by atoms with van der Waals surface area (Å²) in [4.78, 5) is 0. The summed E-state index contributed by atoms with van der Waals surface area (Å²) in [6.45, 7) is -0.134. The molecular formula is C9H4Cl2N2O. The Hall–Kier alpha value is -1.42. The van der Waals surface area contributed by atoms with Crippen molar-refractivity contribution >= 4 is 23.2 Å². The number of nitrogens with zero attached hydrogens (tertiary/aromatic N) is 2. The van der Waals surface area contributed by atoms with Crippen LogP contribution in [0.3, 0.4) is 0 Å². The van der Waals surface area contributed by atoms with E-state index in [0.717, 1.165) is 0 Å². The molecule has 0 aliphatic carbocycles. The van der Waals surface area contributed by atoms with Gasteiger partial charge in [-0.25, -0.2) is 0 Å². The Morgan fingerprint density at radius 1 is 1.21 bits per heavy atom. The molecule has 0 amide bonds. The van der Waals surface area contributed by atoms with E-state index in [1.54, 1.807) is 6.07 Å². The van der Waals surface area contributed by atoms with Gasteiger partial charge in [-0.1, -0.05) is 23.2 Å². The molecule has 0 N–H and O–H groups in total. The predicted octanol–water partition coefficient (Wildman–Crippen LogP) is 2.77. The van der Waals surface area contributed by atoms with Crippen molar-refractivity contribution in [2.45, 2.75) is 0 Å². The lowest BCUT2D eigenvalue weighted by Gasteiger charge is -2.06. The number of nitriles is 2. The molecule has 0 saturated carbocycles. The van der Waals surface area contributed by atoms with E-state index in [1.807, 2.05) is 6.07 Å². The molecule has 0 aliphatic heterocycles. The highest BCUT2D eigenvalue weighted by Gasteiger charge is 2.09. The zero-order chi connectivity index (χ0) is 10.6. The molecule has 0 atom stereocenters. The third kappa shape index (κ3) is 2.29. The zero-order valence-corrected chi connectivity index (χ0v) is 8.43. The van der Waals surface area contributed by atoms with Gasteiger partial charge in [0, 0.05) is 0 Å². The lowest BCUT2D eigenvalue weighted by Crippen LogP contribution is -1.95. The monoisotopic (exact) mass is 226 g/mol. The fourth-order valence-corrected chi connectivity index (χ4v) is 1.46. The number of rotatable bonds is 2. The summed E-state index contributed by atoms with van der Waals surface area (Å²) in [6.07, 6.45) is 0. The van der Waals surface area contributed by atoms with Crippen LogP contribution in [-0.2, 0) is 0 Å². The number of hydrogen-bond donors (Lipinski definition) is 0. The minimum Gasteiger partial charge on any atom is -0.476 e. The van der Waals surface area contributed by atoms with Crippen LogP contribution in [0.25, 0.3) is 0 Å². The molecule has 0 bridgehead atoms. The van der Waals surface area contributed by atoms with Crippen molar-refractivity contribution in [3.63, 3.8) is 0 Å². The molecule has 0 saturated heterocycles. The fraction of sp³-hybridized carbons (Fsp3) is 0.111. The van der Waals surface area contributed by atoms with Crippen molar-refractivity contribution in [2.24, 2.45) is 0 Å². The molecule has 0 radical (unpaired) electrons. The summed E-state index contributed by atoms with van der Waals surface area (Å²) in [5, 5.41) is 17.3. The van der Waals surface area contributed by atoms with Crippen LogP contribution >= 0.6 is 23.2 Å². The maximum absolute atomic E-state index is 8.59. The Labute approximate surface area is 91.0 Å². The maximum atomic E-state index is 8.59. The lowest BCUT2D eigenvalue weighted by molar-refractivity contribution is 0.368. The molecule has 0 aromatic heterocycles. The summed E-state index contributed by atoms with van der Waals surface area (Å²) < 4.78 is 4.98. The topological polar surface area (TPSA) is 56.8 Å². The van der Waals surface area contributed by atoms with Crippen molar-refractivity contribution in [3.05, 3.63) is 27.7 Å². The van der Waals surface area contributed by atoms with Gasteiger partial charge in [-0.15, -0.1) is 0 Å². The van der Waals surface area contributed by atoms with Crippen LogP contribution < -0.4 is 4.74 Å². The second-order valence-corrected chi connectivity index (χ2v) is 3.14. The Morgan fingerprint density at radius 3 is 2.21 bits per heavy atom.